The summed E-state index contributed by atoms with van der Waals surface area (Å²) >= 11 is 2.00. The van der Waals surface area contributed by atoms with Crippen LogP contribution < -0.4 is 5.32 Å². The van der Waals surface area contributed by atoms with E-state index in [2.05, 4.69) is 53.8 Å². The molecule has 1 N–H and O–H groups in total. The molecule has 19 heavy (non-hydrogen) atoms. The number of para-hydroxylation sites is 1. The van der Waals surface area contributed by atoms with Gasteiger partial charge in [0.1, 0.15) is 0 Å². The summed E-state index contributed by atoms with van der Waals surface area (Å²) in [6.07, 6.45) is 6.11. The molecule has 1 aliphatic rings. The number of benzene rings is 1. The van der Waals surface area contributed by atoms with Gasteiger partial charge in [0.2, 0.25) is 0 Å². The van der Waals surface area contributed by atoms with E-state index in [4.69, 9.17) is 0 Å². The second kappa shape index (κ2) is 5.41. The number of pyridine rings is 1. The largest absolute Gasteiger partial charge is 0.382 e. The smallest absolute Gasteiger partial charge is 0.0725 e. The summed E-state index contributed by atoms with van der Waals surface area (Å²) in [5.41, 5.74) is 3.42. The highest BCUT2D eigenvalue weighted by molar-refractivity contribution is 7.99. The third-order valence-electron chi connectivity index (χ3n) is 3.92. The van der Waals surface area contributed by atoms with E-state index >= 15 is 0 Å². The Morgan fingerprint density at radius 1 is 1.26 bits per heavy atom. The number of rotatable bonds is 3. The summed E-state index contributed by atoms with van der Waals surface area (Å²) < 4.78 is 0. The van der Waals surface area contributed by atoms with E-state index in [1.807, 2.05) is 11.8 Å². The van der Waals surface area contributed by atoms with Gasteiger partial charge in [0.25, 0.3) is 0 Å². The third-order valence-corrected chi connectivity index (χ3v) is 5.02. The quantitative estimate of drug-likeness (QED) is 0.904. The molecule has 3 heteroatoms. The Morgan fingerprint density at radius 2 is 2.11 bits per heavy atom. The summed E-state index contributed by atoms with van der Waals surface area (Å²) in [6.45, 7) is 2.07. The molecule has 1 fully saturated rings. The summed E-state index contributed by atoms with van der Waals surface area (Å²) in [4.78, 5) is 4.60. The monoisotopic (exact) mass is 272 g/mol. The van der Waals surface area contributed by atoms with Crippen LogP contribution in [0.5, 0.6) is 0 Å². The molecule has 2 aromatic rings. The van der Waals surface area contributed by atoms with E-state index < -0.39 is 0 Å². The van der Waals surface area contributed by atoms with Gasteiger partial charge in [-0.15, -0.1) is 0 Å². The van der Waals surface area contributed by atoms with Gasteiger partial charge in [-0.3, -0.25) is 4.98 Å². The lowest BCUT2D eigenvalue weighted by Crippen LogP contribution is -2.16. The van der Waals surface area contributed by atoms with Gasteiger partial charge in [-0.1, -0.05) is 18.2 Å². The normalized spacial score (nSPS) is 22.8. The summed E-state index contributed by atoms with van der Waals surface area (Å²) in [5.74, 6) is 0. The first-order valence-electron chi connectivity index (χ1n) is 6.92. The number of nitrogens with zero attached hydrogens (tertiary/aromatic N) is 1. The second-order valence-electron chi connectivity index (χ2n) is 5.34. The number of hydrogen-bond acceptors (Lipinski definition) is 3. The molecule has 1 aromatic carbocycles. The maximum Gasteiger partial charge on any atom is 0.0725 e. The van der Waals surface area contributed by atoms with Crippen LogP contribution in [0.15, 0.2) is 30.3 Å². The molecule has 100 valence electrons. The molecule has 1 aromatic heterocycles. The van der Waals surface area contributed by atoms with Crippen LogP contribution in [0.1, 0.15) is 25.0 Å². The Morgan fingerprint density at radius 3 is 2.89 bits per heavy atom. The van der Waals surface area contributed by atoms with Gasteiger partial charge in [0.05, 0.1) is 5.52 Å². The molecule has 1 saturated carbocycles. The molecule has 0 aliphatic heterocycles. The minimum atomic E-state index is 0.614. The third kappa shape index (κ3) is 2.71. The average Bonchev–Trinajstić information content (AvgIpc) is 2.86. The summed E-state index contributed by atoms with van der Waals surface area (Å²) in [6, 6.07) is 11.2. The molecule has 0 spiro atoms. The van der Waals surface area contributed by atoms with E-state index in [1.165, 1.54) is 30.3 Å². The molecule has 2 atom stereocenters. The van der Waals surface area contributed by atoms with Gasteiger partial charge in [0.15, 0.2) is 0 Å². The zero-order valence-corrected chi connectivity index (χ0v) is 12.3. The van der Waals surface area contributed by atoms with E-state index in [0.29, 0.717) is 6.04 Å². The highest BCUT2D eigenvalue weighted by Crippen LogP contribution is 2.32. The molecular formula is C16H20N2S. The van der Waals surface area contributed by atoms with E-state index in [1.54, 1.807) is 0 Å². The first kappa shape index (κ1) is 12.8. The average molecular weight is 272 g/mol. The Kier molecular flexibility index (Phi) is 3.65. The molecule has 0 radical (unpaired) electrons. The fourth-order valence-corrected chi connectivity index (χ4v) is 3.73. The van der Waals surface area contributed by atoms with Gasteiger partial charge in [-0.2, -0.15) is 11.8 Å². The first-order valence-corrected chi connectivity index (χ1v) is 8.21. The van der Waals surface area contributed by atoms with Gasteiger partial charge in [-0.05, 0) is 44.6 Å². The topological polar surface area (TPSA) is 24.9 Å². The van der Waals surface area contributed by atoms with Crippen molar-refractivity contribution in [3.05, 3.63) is 36.0 Å². The first-order chi connectivity index (χ1) is 9.26. The van der Waals surface area contributed by atoms with Crippen molar-refractivity contribution in [1.29, 1.82) is 0 Å². The van der Waals surface area contributed by atoms with Gasteiger partial charge in [-0.25, -0.2) is 0 Å². The van der Waals surface area contributed by atoms with Gasteiger partial charge >= 0.3 is 0 Å². The van der Waals surface area contributed by atoms with Gasteiger partial charge < -0.3 is 5.32 Å². The van der Waals surface area contributed by atoms with Crippen molar-refractivity contribution < 1.29 is 0 Å². The predicted octanol–water partition coefficient (Wildman–Crippen LogP) is 4.24. The van der Waals surface area contributed by atoms with Crippen molar-refractivity contribution in [2.24, 2.45) is 0 Å². The Balaban J connectivity index is 1.88. The standard InChI is InChI=1S/C16H20N2S/c1-11-9-16(14-5-3-4-6-15(14)17-11)18-12-7-8-13(10-12)19-2/h3-6,9,12-13H,7-8,10H2,1-2H3,(H,17,18). The summed E-state index contributed by atoms with van der Waals surface area (Å²) in [5, 5.41) is 5.80. The zero-order valence-electron chi connectivity index (χ0n) is 11.5. The Hall–Kier alpha value is -1.22. The molecule has 0 bridgehead atoms. The molecule has 0 saturated heterocycles. The van der Waals surface area contributed by atoms with E-state index in [0.717, 1.165) is 16.5 Å². The number of aromatic nitrogens is 1. The highest BCUT2D eigenvalue weighted by Gasteiger charge is 2.24. The summed E-state index contributed by atoms with van der Waals surface area (Å²) in [7, 11) is 0. The SMILES string of the molecule is CSC1CCC(Nc2cc(C)nc3ccccc23)C1. The lowest BCUT2D eigenvalue weighted by Gasteiger charge is -2.16. The van der Waals surface area contributed by atoms with E-state index in [9.17, 15) is 0 Å². The van der Waals surface area contributed by atoms with Crippen LogP contribution in [0, 0.1) is 6.92 Å². The maximum atomic E-state index is 4.60. The predicted molar refractivity (Wildman–Crippen MR) is 85.0 cm³/mol. The minimum Gasteiger partial charge on any atom is -0.382 e. The number of anilines is 1. The van der Waals surface area contributed by atoms with Crippen molar-refractivity contribution in [2.45, 2.75) is 37.5 Å². The van der Waals surface area contributed by atoms with Crippen molar-refractivity contribution >= 4 is 28.4 Å². The van der Waals surface area contributed by atoms with Crippen molar-refractivity contribution in [3.8, 4) is 0 Å². The van der Waals surface area contributed by atoms with Crippen LogP contribution in [-0.4, -0.2) is 22.5 Å². The molecule has 1 aliphatic carbocycles. The molecular weight excluding hydrogens is 252 g/mol. The lowest BCUT2D eigenvalue weighted by molar-refractivity contribution is 0.758. The van der Waals surface area contributed by atoms with Crippen LogP contribution in [0.25, 0.3) is 10.9 Å². The van der Waals surface area contributed by atoms with Crippen LogP contribution in [0.4, 0.5) is 5.69 Å². The van der Waals surface area contributed by atoms with Crippen LogP contribution in [0.2, 0.25) is 0 Å². The number of hydrogen-bond donors (Lipinski definition) is 1. The second-order valence-corrected chi connectivity index (χ2v) is 6.48. The molecule has 1 heterocycles. The maximum absolute atomic E-state index is 4.60. The fourth-order valence-electron chi connectivity index (χ4n) is 2.93. The molecule has 2 nitrogen and oxygen atoms in total. The van der Waals surface area contributed by atoms with Crippen molar-refractivity contribution in [2.75, 3.05) is 11.6 Å². The zero-order chi connectivity index (χ0) is 13.2. The van der Waals surface area contributed by atoms with Crippen LogP contribution in [-0.2, 0) is 0 Å². The lowest BCUT2D eigenvalue weighted by atomic mass is 10.1. The molecule has 2 unspecified atom stereocenters. The van der Waals surface area contributed by atoms with Crippen molar-refractivity contribution in [3.63, 3.8) is 0 Å². The number of thioether (sulfide) groups is 1. The Labute approximate surface area is 119 Å². The van der Waals surface area contributed by atoms with Gasteiger partial charge in [0, 0.05) is 28.1 Å². The van der Waals surface area contributed by atoms with Crippen LogP contribution in [0.3, 0.4) is 0 Å². The van der Waals surface area contributed by atoms with Crippen molar-refractivity contribution in [1.82, 2.24) is 4.98 Å². The number of fused-ring (bicyclic) bond motifs is 1. The minimum absolute atomic E-state index is 0.614. The number of nitrogens with one attached hydrogen (secondary N) is 1. The fraction of sp³-hybridized carbons (Fsp3) is 0.438. The Bertz CT molecular complexity index is 582. The highest BCUT2D eigenvalue weighted by atomic mass is 32.2. The molecule has 3 rings (SSSR count). The molecule has 0 amide bonds. The van der Waals surface area contributed by atoms with E-state index in [-0.39, 0.29) is 0 Å². The number of aryl methyl sites for hydroxylation is 1. The van der Waals surface area contributed by atoms with Crippen LogP contribution >= 0.6 is 11.8 Å².